The van der Waals surface area contributed by atoms with Crippen molar-refractivity contribution in [3.05, 3.63) is 23.8 Å². The predicted molar refractivity (Wildman–Crippen MR) is 73.7 cm³/mol. The van der Waals surface area contributed by atoms with Gasteiger partial charge in [0, 0.05) is 6.54 Å². The first-order valence-corrected chi connectivity index (χ1v) is 6.13. The molecule has 0 saturated carbocycles. The lowest BCUT2D eigenvalue weighted by Crippen LogP contribution is -2.31. The van der Waals surface area contributed by atoms with Crippen LogP contribution in [0.3, 0.4) is 0 Å². The summed E-state index contributed by atoms with van der Waals surface area (Å²) < 4.78 is 5.35. The van der Waals surface area contributed by atoms with E-state index in [4.69, 9.17) is 10.5 Å². The SMILES string of the molecule is CCc1ccc(OC)c(NCC(C)(C)CN)c1. The van der Waals surface area contributed by atoms with Crippen molar-refractivity contribution >= 4 is 5.69 Å². The third-order valence-corrected chi connectivity index (χ3v) is 2.98. The fourth-order valence-electron chi connectivity index (χ4n) is 1.52. The maximum Gasteiger partial charge on any atom is 0.141 e. The van der Waals surface area contributed by atoms with Crippen LogP contribution in [-0.4, -0.2) is 20.2 Å². The number of nitrogens with one attached hydrogen (secondary N) is 1. The molecule has 0 atom stereocenters. The van der Waals surface area contributed by atoms with Gasteiger partial charge in [-0.25, -0.2) is 0 Å². The van der Waals surface area contributed by atoms with Gasteiger partial charge in [0.05, 0.1) is 12.8 Å². The maximum atomic E-state index is 5.73. The number of hydrogen-bond donors (Lipinski definition) is 2. The minimum Gasteiger partial charge on any atom is -0.495 e. The molecule has 0 fully saturated rings. The highest BCUT2D eigenvalue weighted by molar-refractivity contribution is 5.58. The van der Waals surface area contributed by atoms with E-state index in [1.54, 1.807) is 7.11 Å². The van der Waals surface area contributed by atoms with E-state index in [2.05, 4.69) is 38.2 Å². The topological polar surface area (TPSA) is 47.3 Å². The molecule has 0 aliphatic heterocycles. The summed E-state index contributed by atoms with van der Waals surface area (Å²) in [6, 6.07) is 6.25. The second-order valence-electron chi connectivity index (χ2n) is 5.11. The molecule has 1 aromatic carbocycles. The lowest BCUT2D eigenvalue weighted by Gasteiger charge is -2.24. The molecule has 3 nitrogen and oxygen atoms in total. The molecule has 0 aromatic heterocycles. The molecule has 3 heteroatoms. The Kier molecular flexibility index (Phi) is 4.82. The van der Waals surface area contributed by atoms with Crippen molar-refractivity contribution in [1.82, 2.24) is 0 Å². The molecule has 0 bridgehead atoms. The Morgan fingerprint density at radius 1 is 1.35 bits per heavy atom. The number of aryl methyl sites for hydroxylation is 1. The van der Waals surface area contributed by atoms with Gasteiger partial charge in [-0.2, -0.15) is 0 Å². The molecule has 1 rings (SSSR count). The first-order valence-electron chi connectivity index (χ1n) is 6.13. The number of nitrogens with two attached hydrogens (primary N) is 1. The largest absolute Gasteiger partial charge is 0.495 e. The maximum absolute atomic E-state index is 5.73. The zero-order valence-corrected chi connectivity index (χ0v) is 11.3. The second kappa shape index (κ2) is 5.92. The number of ether oxygens (including phenoxy) is 1. The highest BCUT2D eigenvalue weighted by atomic mass is 16.5. The van der Waals surface area contributed by atoms with Crippen LogP contribution in [-0.2, 0) is 6.42 Å². The van der Waals surface area contributed by atoms with Gasteiger partial charge in [-0.3, -0.25) is 0 Å². The Hall–Kier alpha value is -1.22. The summed E-state index contributed by atoms with van der Waals surface area (Å²) >= 11 is 0. The van der Waals surface area contributed by atoms with Crippen LogP contribution >= 0.6 is 0 Å². The van der Waals surface area contributed by atoms with E-state index in [1.165, 1.54) is 5.56 Å². The minimum atomic E-state index is 0.0905. The Morgan fingerprint density at radius 3 is 2.59 bits per heavy atom. The molecule has 96 valence electrons. The van der Waals surface area contributed by atoms with Crippen LogP contribution in [0.2, 0.25) is 0 Å². The normalized spacial score (nSPS) is 11.4. The molecule has 0 spiro atoms. The van der Waals surface area contributed by atoms with Crippen molar-refractivity contribution in [2.45, 2.75) is 27.2 Å². The molecular formula is C14H24N2O. The molecule has 0 aliphatic carbocycles. The highest BCUT2D eigenvalue weighted by Crippen LogP contribution is 2.27. The van der Waals surface area contributed by atoms with E-state index < -0.39 is 0 Å². The molecular weight excluding hydrogens is 212 g/mol. The van der Waals surface area contributed by atoms with Gasteiger partial charge in [0.25, 0.3) is 0 Å². The molecule has 0 radical (unpaired) electrons. The van der Waals surface area contributed by atoms with Crippen molar-refractivity contribution < 1.29 is 4.74 Å². The van der Waals surface area contributed by atoms with E-state index in [9.17, 15) is 0 Å². The Morgan fingerprint density at radius 2 is 2.06 bits per heavy atom. The van der Waals surface area contributed by atoms with Gasteiger partial charge in [-0.15, -0.1) is 0 Å². The van der Waals surface area contributed by atoms with Gasteiger partial charge in [-0.05, 0) is 36.1 Å². The minimum absolute atomic E-state index is 0.0905. The Balaban J connectivity index is 2.81. The van der Waals surface area contributed by atoms with Crippen molar-refractivity contribution in [2.75, 3.05) is 25.5 Å². The first kappa shape index (κ1) is 13.8. The predicted octanol–water partition coefficient (Wildman–Crippen LogP) is 2.65. The summed E-state index contributed by atoms with van der Waals surface area (Å²) in [6.07, 6.45) is 1.03. The molecule has 0 saturated heterocycles. The zero-order valence-electron chi connectivity index (χ0n) is 11.3. The fraction of sp³-hybridized carbons (Fsp3) is 0.571. The lowest BCUT2D eigenvalue weighted by atomic mass is 9.94. The van der Waals surface area contributed by atoms with Gasteiger partial charge in [0.2, 0.25) is 0 Å². The van der Waals surface area contributed by atoms with Crippen LogP contribution in [0.5, 0.6) is 5.75 Å². The van der Waals surface area contributed by atoms with Crippen LogP contribution < -0.4 is 15.8 Å². The van der Waals surface area contributed by atoms with E-state index in [1.807, 2.05) is 6.07 Å². The summed E-state index contributed by atoms with van der Waals surface area (Å²) in [7, 11) is 1.69. The van der Waals surface area contributed by atoms with Gasteiger partial charge in [0.15, 0.2) is 0 Å². The number of hydrogen-bond acceptors (Lipinski definition) is 3. The molecule has 0 heterocycles. The summed E-state index contributed by atoms with van der Waals surface area (Å²) in [6.45, 7) is 7.95. The van der Waals surface area contributed by atoms with Crippen LogP contribution in [0, 0.1) is 5.41 Å². The highest BCUT2D eigenvalue weighted by Gasteiger charge is 2.16. The number of rotatable bonds is 6. The monoisotopic (exact) mass is 236 g/mol. The van der Waals surface area contributed by atoms with Crippen LogP contribution in [0.1, 0.15) is 26.3 Å². The average Bonchev–Trinajstić information content (AvgIpc) is 2.36. The number of methoxy groups -OCH3 is 1. The molecule has 3 N–H and O–H groups in total. The molecule has 1 aromatic rings. The smallest absolute Gasteiger partial charge is 0.141 e. The lowest BCUT2D eigenvalue weighted by molar-refractivity contribution is 0.399. The van der Waals surface area contributed by atoms with E-state index in [0.29, 0.717) is 6.54 Å². The fourth-order valence-corrected chi connectivity index (χ4v) is 1.52. The van der Waals surface area contributed by atoms with E-state index in [-0.39, 0.29) is 5.41 Å². The van der Waals surface area contributed by atoms with Gasteiger partial charge >= 0.3 is 0 Å². The third kappa shape index (κ3) is 3.93. The quantitative estimate of drug-likeness (QED) is 0.798. The standard InChI is InChI=1S/C14H24N2O/c1-5-11-6-7-13(17-4)12(8-11)16-10-14(2,3)9-15/h6-8,16H,5,9-10,15H2,1-4H3. The zero-order chi connectivity index (χ0) is 12.9. The van der Waals surface area contributed by atoms with E-state index in [0.717, 1.165) is 24.4 Å². The van der Waals surface area contributed by atoms with Crippen molar-refractivity contribution in [2.24, 2.45) is 11.1 Å². The van der Waals surface area contributed by atoms with Crippen molar-refractivity contribution in [1.29, 1.82) is 0 Å². The second-order valence-corrected chi connectivity index (χ2v) is 5.11. The summed E-state index contributed by atoms with van der Waals surface area (Å²) in [4.78, 5) is 0. The molecule has 0 aliphatic rings. The molecule has 17 heavy (non-hydrogen) atoms. The van der Waals surface area contributed by atoms with Crippen LogP contribution in [0.25, 0.3) is 0 Å². The Bertz CT molecular complexity index is 361. The van der Waals surface area contributed by atoms with Crippen LogP contribution in [0.15, 0.2) is 18.2 Å². The summed E-state index contributed by atoms with van der Waals surface area (Å²) in [5.41, 5.74) is 8.17. The van der Waals surface area contributed by atoms with Gasteiger partial charge < -0.3 is 15.8 Å². The molecule has 0 unspecified atom stereocenters. The van der Waals surface area contributed by atoms with Gasteiger partial charge in [-0.1, -0.05) is 26.8 Å². The van der Waals surface area contributed by atoms with Crippen LogP contribution in [0.4, 0.5) is 5.69 Å². The van der Waals surface area contributed by atoms with Crippen molar-refractivity contribution in [3.8, 4) is 5.75 Å². The third-order valence-electron chi connectivity index (χ3n) is 2.98. The summed E-state index contributed by atoms with van der Waals surface area (Å²) in [5, 5.41) is 3.43. The molecule has 0 amide bonds. The Labute approximate surface area is 104 Å². The first-order chi connectivity index (χ1) is 8.02. The number of anilines is 1. The summed E-state index contributed by atoms with van der Waals surface area (Å²) in [5.74, 6) is 0.884. The number of benzene rings is 1. The van der Waals surface area contributed by atoms with Crippen molar-refractivity contribution in [3.63, 3.8) is 0 Å². The van der Waals surface area contributed by atoms with E-state index >= 15 is 0 Å². The van der Waals surface area contributed by atoms with Gasteiger partial charge in [0.1, 0.15) is 5.75 Å². The average molecular weight is 236 g/mol.